The minimum Gasteiger partial charge on any atom is -0.489 e. The van der Waals surface area contributed by atoms with Crippen molar-refractivity contribution >= 4 is 23.4 Å². The molecule has 2 aromatic carbocycles. The second-order valence-electron chi connectivity index (χ2n) is 8.52. The zero-order chi connectivity index (χ0) is 27.8. The lowest BCUT2D eigenvalue weighted by Crippen LogP contribution is -2.33. The molecule has 1 aliphatic rings. The molecule has 39 heavy (non-hydrogen) atoms. The number of pyridine rings is 2. The molecule has 1 aliphatic heterocycles. The summed E-state index contributed by atoms with van der Waals surface area (Å²) in [5.74, 6) is -0.494. The van der Waals surface area contributed by atoms with Crippen molar-refractivity contribution in [3.8, 4) is 11.5 Å². The van der Waals surface area contributed by atoms with Crippen molar-refractivity contribution in [1.82, 2.24) is 14.9 Å². The molecule has 0 saturated carbocycles. The number of carbonyl (C=O) groups is 2. The fraction of sp³-hybridized carbons (Fsp3) is 0.241. The van der Waals surface area contributed by atoms with E-state index in [1.54, 1.807) is 32.3 Å². The zero-order valence-corrected chi connectivity index (χ0v) is 21.6. The summed E-state index contributed by atoms with van der Waals surface area (Å²) in [6.07, 6.45) is 2.71. The van der Waals surface area contributed by atoms with Crippen LogP contribution in [0.15, 0.2) is 65.6 Å². The SMILES string of the molecule is CCOC(=O)c1c(OCc2ccccc2)c2ncc(Cc3ccc(F)cc3)c3c2n(c1=O)CCO3.CNC=O. The van der Waals surface area contributed by atoms with Crippen LogP contribution in [0.25, 0.3) is 11.0 Å². The summed E-state index contributed by atoms with van der Waals surface area (Å²) in [4.78, 5) is 40.0. The van der Waals surface area contributed by atoms with E-state index in [2.05, 4.69) is 10.3 Å². The standard InChI is InChI=1S/C27H23FN2O5.C2H5NO/c1-2-33-27(32)21-25(35-16-18-6-4-3-5-7-18)22-23-24(34-13-12-30(23)26(21)31)19(15-29-22)14-17-8-10-20(28)11-9-17;1-3-2-4/h3-11,15H,2,12-14,16H2,1H3;2H,1H3,(H,3,4). The third-order valence-electron chi connectivity index (χ3n) is 5.94. The number of hydrogen-bond donors (Lipinski definition) is 1. The van der Waals surface area contributed by atoms with Gasteiger partial charge in [0.25, 0.3) is 5.56 Å². The quantitative estimate of drug-likeness (QED) is 0.272. The first-order valence-electron chi connectivity index (χ1n) is 12.4. The molecule has 0 bridgehead atoms. The van der Waals surface area contributed by atoms with Crippen molar-refractivity contribution in [1.29, 1.82) is 0 Å². The van der Waals surface area contributed by atoms with Crippen LogP contribution in [0.5, 0.6) is 11.5 Å². The second kappa shape index (κ2) is 12.7. The highest BCUT2D eigenvalue weighted by Crippen LogP contribution is 2.37. The van der Waals surface area contributed by atoms with Gasteiger partial charge in [-0.3, -0.25) is 19.1 Å². The van der Waals surface area contributed by atoms with Crippen molar-refractivity contribution in [3.05, 3.63) is 99.2 Å². The van der Waals surface area contributed by atoms with Gasteiger partial charge in [0.15, 0.2) is 17.1 Å². The van der Waals surface area contributed by atoms with Crippen molar-refractivity contribution in [2.45, 2.75) is 26.5 Å². The molecule has 3 heterocycles. The van der Waals surface area contributed by atoms with Crippen molar-refractivity contribution in [2.75, 3.05) is 20.3 Å². The number of esters is 1. The summed E-state index contributed by atoms with van der Waals surface area (Å²) in [6, 6.07) is 15.6. The molecule has 0 unspecified atom stereocenters. The van der Waals surface area contributed by atoms with Crippen LogP contribution in [0.4, 0.5) is 4.39 Å². The molecule has 0 atom stereocenters. The number of benzene rings is 2. The predicted octanol–water partition coefficient (Wildman–Crippen LogP) is 3.64. The van der Waals surface area contributed by atoms with Gasteiger partial charge in [0.2, 0.25) is 6.41 Å². The van der Waals surface area contributed by atoms with E-state index in [1.807, 2.05) is 30.3 Å². The molecule has 4 aromatic rings. The molecule has 0 spiro atoms. The molecule has 0 fully saturated rings. The summed E-state index contributed by atoms with van der Waals surface area (Å²) in [5, 5.41) is 2.25. The molecular formula is C29H28FN3O6. The molecule has 202 valence electrons. The molecule has 1 N–H and O–H groups in total. The van der Waals surface area contributed by atoms with E-state index in [9.17, 15) is 14.0 Å². The fourth-order valence-corrected chi connectivity index (χ4v) is 4.21. The van der Waals surface area contributed by atoms with Gasteiger partial charge in [0.05, 0.1) is 13.2 Å². The van der Waals surface area contributed by atoms with Crippen LogP contribution in [-0.2, 0) is 29.1 Å². The second-order valence-corrected chi connectivity index (χ2v) is 8.52. The van der Waals surface area contributed by atoms with E-state index in [0.717, 1.165) is 16.7 Å². The first kappa shape index (κ1) is 27.3. The Balaban J connectivity index is 0.000000826. The van der Waals surface area contributed by atoms with Crippen molar-refractivity contribution in [2.24, 2.45) is 0 Å². The minimum absolute atomic E-state index is 0.0728. The zero-order valence-electron chi connectivity index (χ0n) is 21.6. The smallest absolute Gasteiger partial charge is 0.347 e. The van der Waals surface area contributed by atoms with Gasteiger partial charge in [-0.25, -0.2) is 9.18 Å². The van der Waals surface area contributed by atoms with E-state index in [1.165, 1.54) is 16.7 Å². The van der Waals surface area contributed by atoms with Gasteiger partial charge in [0.1, 0.15) is 30.1 Å². The third-order valence-corrected chi connectivity index (χ3v) is 5.94. The Labute approximate surface area is 224 Å². The number of ether oxygens (including phenoxy) is 3. The van der Waals surface area contributed by atoms with Gasteiger partial charge in [-0.2, -0.15) is 0 Å². The highest BCUT2D eigenvalue weighted by Gasteiger charge is 2.30. The minimum atomic E-state index is -0.753. The Hall–Kier alpha value is -4.73. The summed E-state index contributed by atoms with van der Waals surface area (Å²) in [5.41, 5.74) is 2.62. The number of nitrogens with zero attached hydrogens (tertiary/aromatic N) is 2. The normalized spacial score (nSPS) is 11.6. The van der Waals surface area contributed by atoms with Crippen LogP contribution < -0.4 is 20.3 Å². The Morgan fingerprint density at radius 2 is 1.87 bits per heavy atom. The first-order valence-corrected chi connectivity index (χ1v) is 12.4. The molecular weight excluding hydrogens is 505 g/mol. The molecule has 0 saturated heterocycles. The number of amides is 1. The monoisotopic (exact) mass is 533 g/mol. The highest BCUT2D eigenvalue weighted by atomic mass is 19.1. The molecule has 0 radical (unpaired) electrons. The summed E-state index contributed by atoms with van der Waals surface area (Å²) in [7, 11) is 1.56. The maximum absolute atomic E-state index is 13.5. The Morgan fingerprint density at radius 3 is 2.54 bits per heavy atom. The van der Waals surface area contributed by atoms with E-state index >= 15 is 0 Å². The molecule has 2 aromatic heterocycles. The maximum Gasteiger partial charge on any atom is 0.347 e. The van der Waals surface area contributed by atoms with E-state index in [-0.39, 0.29) is 43.5 Å². The van der Waals surface area contributed by atoms with Crippen molar-refractivity contribution in [3.63, 3.8) is 0 Å². The predicted molar refractivity (Wildman–Crippen MR) is 143 cm³/mol. The molecule has 10 heteroatoms. The largest absolute Gasteiger partial charge is 0.489 e. The van der Waals surface area contributed by atoms with Gasteiger partial charge < -0.3 is 19.5 Å². The number of carbonyl (C=O) groups excluding carboxylic acids is 2. The van der Waals surface area contributed by atoms with Crippen LogP contribution in [0, 0.1) is 5.82 Å². The van der Waals surface area contributed by atoms with Gasteiger partial charge in [-0.05, 0) is 30.2 Å². The molecule has 9 nitrogen and oxygen atoms in total. The average molecular weight is 534 g/mol. The first-order chi connectivity index (χ1) is 19.0. The third kappa shape index (κ3) is 6.06. The average Bonchev–Trinajstić information content (AvgIpc) is 2.96. The van der Waals surface area contributed by atoms with E-state index < -0.39 is 11.5 Å². The Bertz CT molecular complexity index is 1520. The van der Waals surface area contributed by atoms with Gasteiger partial charge in [0, 0.05) is 25.2 Å². The highest BCUT2D eigenvalue weighted by molar-refractivity contribution is 6.00. The van der Waals surface area contributed by atoms with Crippen LogP contribution in [-0.4, -0.2) is 42.2 Å². The van der Waals surface area contributed by atoms with Crippen molar-refractivity contribution < 1.29 is 28.2 Å². The number of halogens is 1. The number of rotatable bonds is 8. The van der Waals surface area contributed by atoms with E-state index in [4.69, 9.17) is 19.0 Å². The summed E-state index contributed by atoms with van der Waals surface area (Å²) < 4.78 is 32.1. The molecule has 0 aliphatic carbocycles. The Morgan fingerprint density at radius 1 is 1.15 bits per heavy atom. The number of aromatic nitrogens is 2. The molecule has 1 amide bonds. The van der Waals surface area contributed by atoms with Gasteiger partial charge in [-0.1, -0.05) is 42.5 Å². The van der Waals surface area contributed by atoms with Crippen LogP contribution >= 0.6 is 0 Å². The summed E-state index contributed by atoms with van der Waals surface area (Å²) >= 11 is 0. The maximum atomic E-state index is 13.5. The van der Waals surface area contributed by atoms with Crippen LogP contribution in [0.3, 0.4) is 0 Å². The van der Waals surface area contributed by atoms with Gasteiger partial charge in [-0.15, -0.1) is 0 Å². The van der Waals surface area contributed by atoms with E-state index in [0.29, 0.717) is 29.6 Å². The number of nitrogens with one attached hydrogen (secondary N) is 1. The Kier molecular flexibility index (Phi) is 8.88. The lowest BCUT2D eigenvalue weighted by atomic mass is 10.0. The fourth-order valence-electron chi connectivity index (χ4n) is 4.21. The summed E-state index contributed by atoms with van der Waals surface area (Å²) in [6.45, 7) is 2.45. The van der Waals surface area contributed by atoms with Gasteiger partial charge >= 0.3 is 5.97 Å². The topological polar surface area (TPSA) is 109 Å². The molecule has 5 rings (SSSR count). The lowest BCUT2D eigenvalue weighted by molar-refractivity contribution is -0.109. The number of hydrogen-bond acceptors (Lipinski definition) is 7. The van der Waals surface area contributed by atoms with Crippen LogP contribution in [0.1, 0.15) is 34.0 Å². The lowest BCUT2D eigenvalue weighted by Gasteiger charge is -2.24. The van der Waals surface area contributed by atoms with Crippen LogP contribution in [0.2, 0.25) is 0 Å².